The van der Waals surface area contributed by atoms with Crippen LogP contribution < -0.4 is 4.74 Å². The Morgan fingerprint density at radius 2 is 1.90 bits per heavy atom. The number of fused-ring (bicyclic) bond motifs is 3. The summed E-state index contributed by atoms with van der Waals surface area (Å²) in [5.74, 6) is 1.70. The quantitative estimate of drug-likeness (QED) is 0.653. The highest BCUT2D eigenvalue weighted by atomic mass is 16.5. The van der Waals surface area contributed by atoms with E-state index in [2.05, 4.69) is 35.4 Å². The molecule has 0 fully saturated rings. The maximum Gasteiger partial charge on any atom is 0.141 e. The zero-order valence-corrected chi connectivity index (χ0v) is 17.0. The van der Waals surface area contributed by atoms with E-state index in [0.717, 1.165) is 55.8 Å². The summed E-state index contributed by atoms with van der Waals surface area (Å²) in [6.45, 7) is 2.11. The molecule has 3 aliphatic rings. The molecule has 5 heteroatoms. The third-order valence-electron chi connectivity index (χ3n) is 6.73. The van der Waals surface area contributed by atoms with Gasteiger partial charge < -0.3 is 9.47 Å². The van der Waals surface area contributed by atoms with Gasteiger partial charge in [0.25, 0.3) is 0 Å². The van der Waals surface area contributed by atoms with E-state index in [9.17, 15) is 0 Å². The van der Waals surface area contributed by atoms with Gasteiger partial charge in [0.15, 0.2) is 0 Å². The van der Waals surface area contributed by atoms with Crippen molar-refractivity contribution in [1.82, 2.24) is 15.0 Å². The molecule has 1 aliphatic carbocycles. The SMILES string of the molecule is c1cnc2c(c1)CC(c1cnc3c(c1)OCC(c1ccc4c(n1)CCOC4)C3)CC2. The van der Waals surface area contributed by atoms with Crippen LogP contribution in [0.5, 0.6) is 5.75 Å². The molecule has 2 atom stereocenters. The molecular weight excluding hydrogens is 374 g/mol. The second-order valence-corrected chi connectivity index (χ2v) is 8.62. The second kappa shape index (κ2) is 7.47. The highest BCUT2D eigenvalue weighted by molar-refractivity contribution is 5.38. The van der Waals surface area contributed by atoms with E-state index in [0.29, 0.717) is 19.1 Å². The highest BCUT2D eigenvalue weighted by Crippen LogP contribution is 2.36. The number of rotatable bonds is 2. The van der Waals surface area contributed by atoms with Crippen molar-refractivity contribution in [3.05, 3.63) is 82.2 Å². The molecule has 0 spiro atoms. The van der Waals surface area contributed by atoms with E-state index in [1.807, 2.05) is 12.3 Å². The standard InChI is InChI=1S/C25H25N3O2/c1-2-17-10-16(3-5-21(17)26-8-1)19-12-25-24(27-13-19)11-20(15-30-25)22-6-4-18-14-29-9-7-23(18)28-22/h1-2,4,6,8,12-13,16,20H,3,5,7,9-11,14-15H2. The normalized spacial score (nSPS) is 22.4. The number of aromatic nitrogens is 3. The molecule has 30 heavy (non-hydrogen) atoms. The fraction of sp³-hybridized carbons (Fsp3) is 0.400. The highest BCUT2D eigenvalue weighted by Gasteiger charge is 2.27. The van der Waals surface area contributed by atoms with Gasteiger partial charge in [0.05, 0.1) is 25.5 Å². The van der Waals surface area contributed by atoms with Crippen LogP contribution in [-0.4, -0.2) is 28.2 Å². The molecule has 6 rings (SSSR count). The van der Waals surface area contributed by atoms with Gasteiger partial charge in [0, 0.05) is 48.2 Å². The van der Waals surface area contributed by atoms with Crippen LogP contribution in [0.4, 0.5) is 0 Å². The Kier molecular flexibility index (Phi) is 4.49. The fourth-order valence-corrected chi connectivity index (χ4v) is 4.98. The first-order chi connectivity index (χ1) is 14.8. The van der Waals surface area contributed by atoms with Crippen LogP contribution in [0.1, 0.15) is 57.7 Å². The first kappa shape index (κ1) is 18.0. The van der Waals surface area contributed by atoms with Crippen molar-refractivity contribution < 1.29 is 9.47 Å². The van der Waals surface area contributed by atoms with Crippen LogP contribution in [0.3, 0.4) is 0 Å². The van der Waals surface area contributed by atoms with Crippen molar-refractivity contribution in [2.45, 2.75) is 50.5 Å². The summed E-state index contributed by atoms with van der Waals surface area (Å²) in [5.41, 5.74) is 8.47. The Morgan fingerprint density at radius 3 is 2.90 bits per heavy atom. The summed E-state index contributed by atoms with van der Waals surface area (Å²) in [4.78, 5) is 14.3. The largest absolute Gasteiger partial charge is 0.491 e. The predicted octanol–water partition coefficient (Wildman–Crippen LogP) is 3.94. The van der Waals surface area contributed by atoms with Gasteiger partial charge in [-0.3, -0.25) is 15.0 Å². The molecule has 0 aromatic carbocycles. The number of ether oxygens (including phenoxy) is 2. The van der Waals surface area contributed by atoms with Crippen LogP contribution in [-0.2, 0) is 37.0 Å². The van der Waals surface area contributed by atoms with Gasteiger partial charge in [-0.25, -0.2) is 0 Å². The summed E-state index contributed by atoms with van der Waals surface area (Å²) in [6, 6.07) is 10.8. The molecule has 0 amide bonds. The van der Waals surface area contributed by atoms with Gasteiger partial charge >= 0.3 is 0 Å². The van der Waals surface area contributed by atoms with E-state index >= 15 is 0 Å². The first-order valence-corrected chi connectivity index (χ1v) is 10.9. The third kappa shape index (κ3) is 3.27. The first-order valence-electron chi connectivity index (χ1n) is 10.9. The van der Waals surface area contributed by atoms with Gasteiger partial charge in [-0.15, -0.1) is 0 Å². The molecule has 0 saturated carbocycles. The number of hydrogen-bond acceptors (Lipinski definition) is 5. The van der Waals surface area contributed by atoms with Crippen molar-refractivity contribution in [1.29, 1.82) is 0 Å². The second-order valence-electron chi connectivity index (χ2n) is 8.62. The third-order valence-corrected chi connectivity index (χ3v) is 6.73. The molecule has 3 aromatic rings. The lowest BCUT2D eigenvalue weighted by Crippen LogP contribution is -2.23. The molecule has 5 nitrogen and oxygen atoms in total. The number of pyridine rings is 3. The Balaban J connectivity index is 1.21. The van der Waals surface area contributed by atoms with E-state index in [-0.39, 0.29) is 5.92 Å². The zero-order valence-electron chi connectivity index (χ0n) is 17.0. The zero-order chi connectivity index (χ0) is 19.9. The van der Waals surface area contributed by atoms with Gasteiger partial charge in [-0.1, -0.05) is 12.1 Å². The number of nitrogens with zero attached hydrogens (tertiary/aromatic N) is 3. The fourth-order valence-electron chi connectivity index (χ4n) is 4.98. The van der Waals surface area contributed by atoms with Crippen LogP contribution in [0.25, 0.3) is 0 Å². The van der Waals surface area contributed by atoms with E-state index in [1.165, 1.54) is 28.1 Å². The Morgan fingerprint density at radius 1 is 0.900 bits per heavy atom. The predicted molar refractivity (Wildman–Crippen MR) is 113 cm³/mol. The number of aryl methyl sites for hydroxylation is 1. The summed E-state index contributed by atoms with van der Waals surface area (Å²) >= 11 is 0. The van der Waals surface area contributed by atoms with Crippen molar-refractivity contribution in [3.8, 4) is 5.75 Å². The molecule has 2 aliphatic heterocycles. The summed E-state index contributed by atoms with van der Waals surface area (Å²) in [5, 5.41) is 0. The Labute approximate surface area is 176 Å². The molecule has 0 N–H and O–H groups in total. The summed E-state index contributed by atoms with van der Waals surface area (Å²) < 4.78 is 11.7. The Hall–Kier alpha value is -2.79. The topological polar surface area (TPSA) is 57.1 Å². The average molecular weight is 399 g/mol. The smallest absolute Gasteiger partial charge is 0.141 e. The van der Waals surface area contributed by atoms with Crippen LogP contribution in [0.15, 0.2) is 42.7 Å². The maximum atomic E-state index is 6.20. The van der Waals surface area contributed by atoms with Crippen molar-refractivity contribution >= 4 is 0 Å². The summed E-state index contributed by atoms with van der Waals surface area (Å²) in [7, 11) is 0. The molecule has 0 radical (unpaired) electrons. The van der Waals surface area contributed by atoms with Crippen molar-refractivity contribution in [2.24, 2.45) is 0 Å². The van der Waals surface area contributed by atoms with Crippen LogP contribution in [0, 0.1) is 0 Å². The monoisotopic (exact) mass is 399 g/mol. The van der Waals surface area contributed by atoms with Gasteiger partial charge in [-0.2, -0.15) is 0 Å². The van der Waals surface area contributed by atoms with E-state index in [4.69, 9.17) is 19.4 Å². The molecular formula is C25H25N3O2. The minimum Gasteiger partial charge on any atom is -0.491 e. The lowest BCUT2D eigenvalue weighted by atomic mass is 9.82. The van der Waals surface area contributed by atoms with Crippen LogP contribution in [0.2, 0.25) is 0 Å². The molecule has 0 bridgehead atoms. The average Bonchev–Trinajstić information content (AvgIpc) is 2.83. The van der Waals surface area contributed by atoms with Gasteiger partial charge in [0.1, 0.15) is 5.75 Å². The van der Waals surface area contributed by atoms with Crippen LogP contribution >= 0.6 is 0 Å². The minimum absolute atomic E-state index is 0.261. The molecule has 152 valence electrons. The van der Waals surface area contributed by atoms with Crippen molar-refractivity contribution in [3.63, 3.8) is 0 Å². The molecule has 3 aromatic heterocycles. The summed E-state index contributed by atoms with van der Waals surface area (Å²) in [6.07, 6.45) is 8.94. The molecule has 5 heterocycles. The van der Waals surface area contributed by atoms with Crippen molar-refractivity contribution in [2.75, 3.05) is 13.2 Å². The lowest BCUT2D eigenvalue weighted by molar-refractivity contribution is 0.109. The molecule has 2 unspecified atom stereocenters. The number of hydrogen-bond donors (Lipinski definition) is 0. The minimum atomic E-state index is 0.261. The van der Waals surface area contributed by atoms with E-state index < -0.39 is 0 Å². The van der Waals surface area contributed by atoms with Gasteiger partial charge in [-0.05, 0) is 60.1 Å². The maximum absolute atomic E-state index is 6.20. The molecule has 0 saturated heterocycles. The van der Waals surface area contributed by atoms with E-state index in [1.54, 1.807) is 0 Å². The lowest BCUT2D eigenvalue weighted by Gasteiger charge is -2.28. The van der Waals surface area contributed by atoms with Gasteiger partial charge in [0.2, 0.25) is 0 Å². The Bertz CT molecular complexity index is 1100.